The topological polar surface area (TPSA) is 9.23 Å². The molecule has 0 aromatic heterocycles. The SMILES string of the molecule is COc1ccc(C#C[Se]c2cccc3ccccc23)cc1. The van der Waals surface area contributed by atoms with Crippen LogP contribution in [0.5, 0.6) is 5.75 Å². The van der Waals surface area contributed by atoms with Crippen molar-refractivity contribution < 1.29 is 4.74 Å². The molecule has 0 heterocycles. The average Bonchev–Trinajstić information content (AvgIpc) is 2.56. The number of methoxy groups -OCH3 is 1. The van der Waals surface area contributed by atoms with Crippen LogP contribution in [0.2, 0.25) is 0 Å². The molecule has 0 aliphatic rings. The molecule has 0 spiro atoms. The van der Waals surface area contributed by atoms with Crippen molar-refractivity contribution in [3.63, 3.8) is 0 Å². The first-order chi connectivity index (χ1) is 10.4. The summed E-state index contributed by atoms with van der Waals surface area (Å²) >= 11 is 0.154. The van der Waals surface area contributed by atoms with E-state index in [1.54, 1.807) is 7.11 Å². The van der Waals surface area contributed by atoms with Gasteiger partial charge in [0.15, 0.2) is 0 Å². The maximum atomic E-state index is 5.15. The summed E-state index contributed by atoms with van der Waals surface area (Å²) < 4.78 is 6.48. The second-order valence-corrected chi connectivity index (χ2v) is 6.31. The minimum absolute atomic E-state index is 0.154. The number of hydrogen-bond acceptors (Lipinski definition) is 1. The van der Waals surface area contributed by atoms with Gasteiger partial charge in [0.1, 0.15) is 0 Å². The van der Waals surface area contributed by atoms with Gasteiger partial charge in [-0.15, -0.1) is 0 Å². The molecular formula is C19H14OSe. The third-order valence-corrected chi connectivity index (χ3v) is 4.83. The van der Waals surface area contributed by atoms with E-state index in [2.05, 4.69) is 53.2 Å². The molecule has 0 N–H and O–H groups in total. The Morgan fingerprint density at radius 1 is 0.857 bits per heavy atom. The number of benzene rings is 3. The number of fused-ring (bicyclic) bond motifs is 1. The maximum absolute atomic E-state index is 5.15. The van der Waals surface area contributed by atoms with Crippen LogP contribution >= 0.6 is 0 Å². The molecule has 2 heteroatoms. The molecule has 0 fully saturated rings. The molecule has 0 amide bonds. The van der Waals surface area contributed by atoms with Crippen LogP contribution in [0.1, 0.15) is 5.56 Å². The van der Waals surface area contributed by atoms with E-state index in [-0.39, 0.29) is 15.0 Å². The first-order valence-corrected chi connectivity index (χ1v) is 8.38. The standard InChI is InChI=1S/C19H14OSe/c1-20-17-11-9-15(10-12-17)13-14-21-19-8-4-6-16-5-2-3-7-18(16)19/h2-12H,1H3. The number of ether oxygens (including phenoxy) is 1. The quantitative estimate of drug-likeness (QED) is 0.516. The zero-order chi connectivity index (χ0) is 14.5. The summed E-state index contributed by atoms with van der Waals surface area (Å²) in [6, 6.07) is 22.7. The summed E-state index contributed by atoms with van der Waals surface area (Å²) in [7, 11) is 1.67. The fraction of sp³-hybridized carbons (Fsp3) is 0.0526. The van der Waals surface area contributed by atoms with Crippen LogP contribution in [0.25, 0.3) is 10.8 Å². The molecule has 0 radical (unpaired) electrons. The monoisotopic (exact) mass is 338 g/mol. The van der Waals surface area contributed by atoms with Gasteiger partial charge in [0, 0.05) is 0 Å². The van der Waals surface area contributed by atoms with Gasteiger partial charge in [-0.05, 0) is 0 Å². The molecule has 0 saturated carbocycles. The summed E-state index contributed by atoms with van der Waals surface area (Å²) in [5.74, 6) is 4.09. The minimum atomic E-state index is 0.154. The molecule has 3 aromatic carbocycles. The van der Waals surface area contributed by atoms with Crippen molar-refractivity contribution >= 4 is 30.2 Å². The van der Waals surface area contributed by atoms with E-state index in [1.807, 2.05) is 24.3 Å². The first kappa shape index (κ1) is 13.8. The number of rotatable bonds is 2. The Labute approximate surface area is 131 Å². The molecule has 0 aliphatic carbocycles. The van der Waals surface area contributed by atoms with Gasteiger partial charge in [-0.2, -0.15) is 0 Å². The molecule has 3 aromatic rings. The molecule has 0 atom stereocenters. The third kappa shape index (κ3) is 3.28. The zero-order valence-corrected chi connectivity index (χ0v) is 13.4. The molecule has 0 aliphatic heterocycles. The van der Waals surface area contributed by atoms with E-state index in [9.17, 15) is 0 Å². The van der Waals surface area contributed by atoms with Crippen LogP contribution in [0.15, 0.2) is 66.7 Å². The van der Waals surface area contributed by atoms with E-state index in [4.69, 9.17) is 4.74 Å². The van der Waals surface area contributed by atoms with Gasteiger partial charge < -0.3 is 0 Å². The van der Waals surface area contributed by atoms with Gasteiger partial charge in [0.25, 0.3) is 0 Å². The Bertz CT molecular complexity index is 805. The van der Waals surface area contributed by atoms with Crippen LogP contribution in [-0.4, -0.2) is 22.1 Å². The van der Waals surface area contributed by atoms with Crippen molar-refractivity contribution in [1.82, 2.24) is 0 Å². The Kier molecular flexibility index (Phi) is 4.26. The molecule has 0 saturated heterocycles. The van der Waals surface area contributed by atoms with Crippen LogP contribution in [0, 0.1) is 10.7 Å². The second-order valence-electron chi connectivity index (χ2n) is 4.53. The van der Waals surface area contributed by atoms with E-state index in [0.29, 0.717) is 0 Å². The van der Waals surface area contributed by atoms with Gasteiger partial charge in [0.2, 0.25) is 0 Å². The predicted octanol–water partition coefficient (Wildman–Crippen LogP) is 3.19. The second kappa shape index (κ2) is 6.50. The van der Waals surface area contributed by atoms with E-state index < -0.39 is 0 Å². The van der Waals surface area contributed by atoms with Crippen LogP contribution < -0.4 is 9.20 Å². The Hall–Kier alpha value is -2.20. The third-order valence-electron chi connectivity index (χ3n) is 3.20. The molecule has 102 valence electrons. The van der Waals surface area contributed by atoms with Gasteiger partial charge in [-0.3, -0.25) is 0 Å². The van der Waals surface area contributed by atoms with Gasteiger partial charge in [0.05, 0.1) is 0 Å². The van der Waals surface area contributed by atoms with Crippen molar-refractivity contribution in [2.24, 2.45) is 0 Å². The summed E-state index contributed by atoms with van der Waals surface area (Å²) in [6.07, 6.45) is 0. The van der Waals surface area contributed by atoms with E-state index >= 15 is 0 Å². The van der Waals surface area contributed by atoms with Crippen LogP contribution in [-0.2, 0) is 0 Å². The Morgan fingerprint density at radius 2 is 1.62 bits per heavy atom. The fourth-order valence-electron chi connectivity index (χ4n) is 2.10. The molecular weight excluding hydrogens is 323 g/mol. The zero-order valence-electron chi connectivity index (χ0n) is 11.7. The molecule has 0 bridgehead atoms. The molecule has 21 heavy (non-hydrogen) atoms. The molecule has 0 unspecified atom stereocenters. The van der Waals surface area contributed by atoms with Gasteiger partial charge >= 0.3 is 131 Å². The van der Waals surface area contributed by atoms with Crippen molar-refractivity contribution in [2.75, 3.05) is 7.11 Å². The molecule has 3 rings (SSSR count). The van der Waals surface area contributed by atoms with Crippen molar-refractivity contribution in [2.45, 2.75) is 0 Å². The summed E-state index contributed by atoms with van der Waals surface area (Å²) in [6.45, 7) is 0. The van der Waals surface area contributed by atoms with Crippen molar-refractivity contribution in [3.8, 4) is 16.5 Å². The average molecular weight is 337 g/mol. The van der Waals surface area contributed by atoms with Crippen LogP contribution in [0.4, 0.5) is 0 Å². The van der Waals surface area contributed by atoms with Crippen molar-refractivity contribution in [3.05, 3.63) is 72.3 Å². The summed E-state index contributed by atoms with van der Waals surface area (Å²) in [4.78, 5) is 3.32. The Morgan fingerprint density at radius 3 is 2.43 bits per heavy atom. The van der Waals surface area contributed by atoms with Gasteiger partial charge in [-0.1, -0.05) is 0 Å². The van der Waals surface area contributed by atoms with Crippen LogP contribution in [0.3, 0.4) is 0 Å². The summed E-state index contributed by atoms with van der Waals surface area (Å²) in [5.41, 5.74) is 1.03. The fourth-order valence-corrected chi connectivity index (χ4v) is 3.61. The Balaban J connectivity index is 1.82. The van der Waals surface area contributed by atoms with Gasteiger partial charge in [-0.25, -0.2) is 0 Å². The normalized spacial score (nSPS) is 9.95. The van der Waals surface area contributed by atoms with E-state index in [1.165, 1.54) is 15.2 Å². The predicted molar refractivity (Wildman–Crippen MR) is 89.2 cm³/mol. The van der Waals surface area contributed by atoms with E-state index in [0.717, 1.165) is 11.3 Å². The first-order valence-electron chi connectivity index (χ1n) is 6.66. The summed E-state index contributed by atoms with van der Waals surface area (Å²) in [5, 5.41) is 2.59. The van der Waals surface area contributed by atoms with Crippen molar-refractivity contribution in [1.29, 1.82) is 0 Å². The molecule has 1 nitrogen and oxygen atoms in total. The number of hydrogen-bond donors (Lipinski definition) is 0.